The lowest BCUT2D eigenvalue weighted by Crippen LogP contribution is -2.28. The van der Waals surface area contributed by atoms with Gasteiger partial charge in [-0.2, -0.15) is 0 Å². The van der Waals surface area contributed by atoms with Crippen LogP contribution in [0.5, 0.6) is 0 Å². The number of primary amides is 1. The van der Waals surface area contributed by atoms with Crippen molar-refractivity contribution in [3.63, 3.8) is 0 Å². The minimum absolute atomic E-state index is 0.106. The second kappa shape index (κ2) is 5.97. The number of rotatable bonds is 7. The third-order valence-electron chi connectivity index (χ3n) is 2.71. The number of thiophene rings is 1. The van der Waals surface area contributed by atoms with Crippen LogP contribution >= 0.6 is 11.3 Å². The number of hydrogen-bond donors (Lipinski definition) is 3. The van der Waals surface area contributed by atoms with Gasteiger partial charge in [-0.05, 0) is 18.9 Å². The molecule has 2 amide bonds. The molecular formula is C12H17N3O2S. The molecule has 1 aliphatic rings. The Bertz CT molecular complexity index is 440. The molecule has 1 saturated carbocycles. The van der Waals surface area contributed by atoms with Crippen molar-refractivity contribution in [3.05, 3.63) is 21.9 Å². The van der Waals surface area contributed by atoms with Crippen LogP contribution in [0, 0.1) is 0 Å². The highest BCUT2D eigenvalue weighted by molar-refractivity contribution is 7.10. The molecule has 6 heteroatoms. The van der Waals surface area contributed by atoms with Gasteiger partial charge in [0.2, 0.25) is 11.8 Å². The SMILES string of the molecule is NC(=O)c1csc(CNCCC(=O)NC2CC2)c1. The van der Waals surface area contributed by atoms with E-state index in [4.69, 9.17) is 5.73 Å². The first-order chi connectivity index (χ1) is 8.65. The predicted molar refractivity (Wildman–Crippen MR) is 70.3 cm³/mol. The Morgan fingerprint density at radius 3 is 2.83 bits per heavy atom. The summed E-state index contributed by atoms with van der Waals surface area (Å²) in [5, 5.41) is 7.86. The smallest absolute Gasteiger partial charge is 0.249 e. The normalized spacial score (nSPS) is 14.4. The zero-order valence-corrected chi connectivity index (χ0v) is 10.9. The zero-order chi connectivity index (χ0) is 13.0. The van der Waals surface area contributed by atoms with Gasteiger partial charge in [0.15, 0.2) is 0 Å². The maximum atomic E-state index is 11.4. The van der Waals surface area contributed by atoms with Crippen LogP contribution in [-0.4, -0.2) is 24.4 Å². The van der Waals surface area contributed by atoms with Crippen LogP contribution in [0.25, 0.3) is 0 Å². The van der Waals surface area contributed by atoms with Gasteiger partial charge in [-0.3, -0.25) is 9.59 Å². The molecular weight excluding hydrogens is 250 g/mol. The number of carbonyl (C=O) groups is 2. The van der Waals surface area contributed by atoms with Crippen molar-refractivity contribution in [2.45, 2.75) is 31.8 Å². The van der Waals surface area contributed by atoms with Gasteiger partial charge in [-0.1, -0.05) is 0 Å². The molecule has 1 aromatic rings. The van der Waals surface area contributed by atoms with E-state index in [-0.39, 0.29) is 5.91 Å². The molecule has 2 rings (SSSR count). The van der Waals surface area contributed by atoms with E-state index in [9.17, 15) is 9.59 Å². The van der Waals surface area contributed by atoms with Crippen LogP contribution in [-0.2, 0) is 11.3 Å². The summed E-state index contributed by atoms with van der Waals surface area (Å²) in [7, 11) is 0. The maximum absolute atomic E-state index is 11.4. The van der Waals surface area contributed by atoms with E-state index < -0.39 is 5.91 Å². The molecule has 4 N–H and O–H groups in total. The number of carbonyl (C=O) groups excluding carboxylic acids is 2. The monoisotopic (exact) mass is 267 g/mol. The van der Waals surface area contributed by atoms with Crippen LogP contribution in [0.15, 0.2) is 11.4 Å². The van der Waals surface area contributed by atoms with Gasteiger partial charge >= 0.3 is 0 Å². The quantitative estimate of drug-likeness (QED) is 0.633. The molecule has 0 saturated heterocycles. The highest BCUT2D eigenvalue weighted by Gasteiger charge is 2.22. The molecule has 1 fully saturated rings. The van der Waals surface area contributed by atoms with Crippen molar-refractivity contribution in [2.24, 2.45) is 5.73 Å². The lowest BCUT2D eigenvalue weighted by molar-refractivity contribution is -0.121. The van der Waals surface area contributed by atoms with Gasteiger partial charge in [0, 0.05) is 35.8 Å². The van der Waals surface area contributed by atoms with Crippen molar-refractivity contribution in [3.8, 4) is 0 Å². The first kappa shape index (κ1) is 13.0. The third-order valence-corrected chi connectivity index (χ3v) is 3.65. The molecule has 0 radical (unpaired) electrons. The standard InChI is InChI=1S/C12H17N3O2S/c13-12(17)8-5-10(18-7-8)6-14-4-3-11(16)15-9-1-2-9/h5,7,9,14H,1-4,6H2,(H2,13,17)(H,15,16). The van der Waals surface area contributed by atoms with Crippen molar-refractivity contribution < 1.29 is 9.59 Å². The van der Waals surface area contributed by atoms with Gasteiger partial charge < -0.3 is 16.4 Å². The Labute approximate surface area is 110 Å². The Morgan fingerprint density at radius 2 is 2.22 bits per heavy atom. The molecule has 1 aromatic heterocycles. The van der Waals surface area contributed by atoms with Crippen LogP contribution in [0.3, 0.4) is 0 Å². The van der Waals surface area contributed by atoms with Crippen molar-refractivity contribution in [1.29, 1.82) is 0 Å². The largest absolute Gasteiger partial charge is 0.366 e. The molecule has 0 bridgehead atoms. The molecule has 98 valence electrons. The Hall–Kier alpha value is -1.40. The fourth-order valence-electron chi connectivity index (χ4n) is 1.54. The van der Waals surface area contributed by atoms with E-state index in [1.165, 1.54) is 11.3 Å². The number of hydrogen-bond acceptors (Lipinski definition) is 4. The van der Waals surface area contributed by atoms with Crippen LogP contribution in [0.1, 0.15) is 34.5 Å². The van der Waals surface area contributed by atoms with E-state index >= 15 is 0 Å². The van der Waals surface area contributed by atoms with Crippen molar-refractivity contribution in [1.82, 2.24) is 10.6 Å². The summed E-state index contributed by atoms with van der Waals surface area (Å²) in [6.45, 7) is 1.30. The minimum atomic E-state index is -0.402. The highest BCUT2D eigenvalue weighted by atomic mass is 32.1. The summed E-state index contributed by atoms with van der Waals surface area (Å²) in [6, 6.07) is 2.21. The lowest BCUT2D eigenvalue weighted by atomic mass is 10.3. The first-order valence-electron chi connectivity index (χ1n) is 6.02. The molecule has 0 aliphatic heterocycles. The molecule has 0 atom stereocenters. The Balaban J connectivity index is 1.61. The van der Waals surface area contributed by atoms with Gasteiger partial charge in [0.1, 0.15) is 0 Å². The summed E-state index contributed by atoms with van der Waals surface area (Å²) in [5.74, 6) is -0.296. The topological polar surface area (TPSA) is 84.2 Å². The second-order valence-corrected chi connectivity index (χ2v) is 5.43. The zero-order valence-electron chi connectivity index (χ0n) is 10.1. The molecule has 0 aromatic carbocycles. The summed E-state index contributed by atoms with van der Waals surface area (Å²) in [4.78, 5) is 23.3. The number of amides is 2. The molecule has 5 nitrogen and oxygen atoms in total. The summed E-state index contributed by atoms with van der Waals surface area (Å²) in [6.07, 6.45) is 2.72. The number of nitrogens with one attached hydrogen (secondary N) is 2. The van der Waals surface area contributed by atoms with Crippen molar-refractivity contribution >= 4 is 23.2 Å². The summed E-state index contributed by atoms with van der Waals surface area (Å²) < 4.78 is 0. The van der Waals surface area contributed by atoms with Gasteiger partial charge in [0.05, 0.1) is 5.56 Å². The van der Waals surface area contributed by atoms with E-state index in [1.807, 2.05) is 0 Å². The molecule has 0 spiro atoms. The van der Waals surface area contributed by atoms with Crippen molar-refractivity contribution in [2.75, 3.05) is 6.54 Å². The second-order valence-electron chi connectivity index (χ2n) is 4.43. The average molecular weight is 267 g/mol. The van der Waals surface area contributed by atoms with Crippen LogP contribution in [0.4, 0.5) is 0 Å². The molecule has 18 heavy (non-hydrogen) atoms. The first-order valence-corrected chi connectivity index (χ1v) is 6.90. The van der Waals surface area contributed by atoms with E-state index in [0.29, 0.717) is 31.1 Å². The third kappa shape index (κ3) is 4.12. The molecule has 1 heterocycles. The van der Waals surface area contributed by atoms with Gasteiger partial charge in [0.25, 0.3) is 0 Å². The van der Waals surface area contributed by atoms with E-state index in [2.05, 4.69) is 10.6 Å². The van der Waals surface area contributed by atoms with Gasteiger partial charge in [-0.15, -0.1) is 11.3 Å². The van der Waals surface area contributed by atoms with Crippen LogP contribution in [0.2, 0.25) is 0 Å². The predicted octanol–water partition coefficient (Wildman–Crippen LogP) is 0.605. The fraction of sp³-hybridized carbons (Fsp3) is 0.500. The average Bonchev–Trinajstić information content (AvgIpc) is 2.99. The summed E-state index contributed by atoms with van der Waals surface area (Å²) in [5.41, 5.74) is 5.71. The number of nitrogens with two attached hydrogens (primary N) is 1. The van der Waals surface area contributed by atoms with E-state index in [0.717, 1.165) is 17.7 Å². The van der Waals surface area contributed by atoms with E-state index in [1.54, 1.807) is 11.4 Å². The lowest BCUT2D eigenvalue weighted by Gasteiger charge is -2.04. The Morgan fingerprint density at radius 1 is 1.44 bits per heavy atom. The highest BCUT2D eigenvalue weighted by Crippen LogP contribution is 2.18. The Kier molecular flexibility index (Phi) is 4.33. The fourth-order valence-corrected chi connectivity index (χ4v) is 2.39. The summed E-state index contributed by atoms with van der Waals surface area (Å²) >= 11 is 1.49. The molecule has 0 unspecified atom stereocenters. The maximum Gasteiger partial charge on any atom is 0.249 e. The van der Waals surface area contributed by atoms with Crippen LogP contribution < -0.4 is 16.4 Å². The molecule has 1 aliphatic carbocycles. The van der Waals surface area contributed by atoms with Gasteiger partial charge in [-0.25, -0.2) is 0 Å². The minimum Gasteiger partial charge on any atom is -0.366 e.